The van der Waals surface area contributed by atoms with Gasteiger partial charge in [0.25, 0.3) is 0 Å². The molecule has 1 aliphatic heterocycles. The highest BCUT2D eigenvalue weighted by Crippen LogP contribution is 2.22. The molecule has 1 aliphatic rings. The quantitative estimate of drug-likeness (QED) is 0.796. The highest BCUT2D eigenvalue weighted by Gasteiger charge is 2.34. The van der Waals surface area contributed by atoms with Gasteiger partial charge in [-0.25, -0.2) is 4.79 Å². The van der Waals surface area contributed by atoms with Gasteiger partial charge in [-0.05, 0) is 24.7 Å². The second kappa shape index (κ2) is 5.32. The van der Waals surface area contributed by atoms with Crippen molar-refractivity contribution in [2.24, 2.45) is 11.8 Å². The standard InChI is InChI=1S/C12H21NO3/c1-8(2)9(3)7-11(14)13-6-4-5-10(13)12(15)16/h8-10H,4-7H2,1-3H3,(H,15,16). The van der Waals surface area contributed by atoms with Crippen LogP contribution in [-0.2, 0) is 9.59 Å². The number of hydrogen-bond donors (Lipinski definition) is 1. The Morgan fingerprint density at radius 2 is 2.00 bits per heavy atom. The van der Waals surface area contributed by atoms with Crippen molar-refractivity contribution < 1.29 is 14.7 Å². The van der Waals surface area contributed by atoms with Crippen molar-refractivity contribution in [3.05, 3.63) is 0 Å². The zero-order valence-corrected chi connectivity index (χ0v) is 10.3. The minimum atomic E-state index is -0.872. The van der Waals surface area contributed by atoms with Gasteiger partial charge in [-0.3, -0.25) is 4.79 Å². The van der Waals surface area contributed by atoms with Crippen molar-refractivity contribution in [3.63, 3.8) is 0 Å². The van der Waals surface area contributed by atoms with Gasteiger partial charge in [0.1, 0.15) is 6.04 Å². The average Bonchev–Trinajstić information content (AvgIpc) is 2.65. The van der Waals surface area contributed by atoms with Gasteiger partial charge in [-0.15, -0.1) is 0 Å². The van der Waals surface area contributed by atoms with Crippen LogP contribution < -0.4 is 0 Å². The van der Waals surface area contributed by atoms with Gasteiger partial charge in [0.2, 0.25) is 5.91 Å². The number of aliphatic carboxylic acids is 1. The Morgan fingerprint density at radius 3 is 2.50 bits per heavy atom. The summed E-state index contributed by atoms with van der Waals surface area (Å²) in [5.41, 5.74) is 0. The van der Waals surface area contributed by atoms with Crippen molar-refractivity contribution in [2.75, 3.05) is 6.54 Å². The van der Waals surface area contributed by atoms with Crippen molar-refractivity contribution in [2.45, 2.75) is 46.1 Å². The van der Waals surface area contributed by atoms with Gasteiger partial charge in [0.15, 0.2) is 0 Å². The Labute approximate surface area is 96.6 Å². The number of carbonyl (C=O) groups is 2. The monoisotopic (exact) mass is 227 g/mol. The van der Waals surface area contributed by atoms with E-state index in [1.807, 2.05) is 6.92 Å². The van der Waals surface area contributed by atoms with Crippen molar-refractivity contribution in [1.29, 1.82) is 0 Å². The second-order valence-corrected chi connectivity index (χ2v) is 5.01. The molecule has 1 rings (SSSR count). The highest BCUT2D eigenvalue weighted by molar-refractivity contribution is 5.84. The topological polar surface area (TPSA) is 57.6 Å². The van der Waals surface area contributed by atoms with Crippen LogP contribution in [0.25, 0.3) is 0 Å². The van der Waals surface area contributed by atoms with E-state index in [1.54, 1.807) is 0 Å². The summed E-state index contributed by atoms with van der Waals surface area (Å²) in [6.07, 6.45) is 1.86. The van der Waals surface area contributed by atoms with Crippen molar-refractivity contribution >= 4 is 11.9 Å². The molecule has 0 spiro atoms. The van der Waals surface area contributed by atoms with Gasteiger partial charge in [0.05, 0.1) is 0 Å². The molecule has 2 unspecified atom stereocenters. The van der Waals surface area contributed by atoms with Crippen LogP contribution in [-0.4, -0.2) is 34.5 Å². The maximum Gasteiger partial charge on any atom is 0.326 e. The number of carboxylic acid groups (broad SMARTS) is 1. The van der Waals surface area contributed by atoms with Gasteiger partial charge in [0, 0.05) is 13.0 Å². The SMILES string of the molecule is CC(C)C(C)CC(=O)N1CCCC1C(=O)O. The van der Waals surface area contributed by atoms with E-state index in [-0.39, 0.29) is 5.91 Å². The van der Waals surface area contributed by atoms with Crippen LogP contribution in [0.2, 0.25) is 0 Å². The van der Waals surface area contributed by atoms with E-state index >= 15 is 0 Å². The first-order valence-corrected chi connectivity index (χ1v) is 5.95. The number of carbonyl (C=O) groups excluding carboxylic acids is 1. The third-order valence-electron chi connectivity index (χ3n) is 3.49. The molecule has 1 N–H and O–H groups in total. The van der Waals surface area contributed by atoms with Crippen LogP contribution in [0.4, 0.5) is 0 Å². The van der Waals surface area contributed by atoms with Gasteiger partial charge >= 0.3 is 5.97 Å². The molecule has 2 atom stereocenters. The molecule has 0 aromatic carbocycles. The summed E-state index contributed by atoms with van der Waals surface area (Å²) in [5, 5.41) is 8.98. The van der Waals surface area contributed by atoms with E-state index in [0.717, 1.165) is 6.42 Å². The first-order valence-electron chi connectivity index (χ1n) is 5.95. The van der Waals surface area contributed by atoms with Crippen LogP contribution in [0.1, 0.15) is 40.0 Å². The summed E-state index contributed by atoms with van der Waals surface area (Å²) in [7, 11) is 0. The van der Waals surface area contributed by atoms with Crippen LogP contribution in [0.3, 0.4) is 0 Å². The summed E-state index contributed by atoms with van der Waals surface area (Å²) in [6.45, 7) is 6.79. The number of amides is 1. The molecule has 0 saturated carbocycles. The lowest BCUT2D eigenvalue weighted by atomic mass is 9.94. The maximum absolute atomic E-state index is 11.9. The van der Waals surface area contributed by atoms with E-state index in [4.69, 9.17) is 5.11 Å². The van der Waals surface area contributed by atoms with E-state index in [2.05, 4.69) is 13.8 Å². The number of likely N-dealkylation sites (tertiary alicyclic amines) is 1. The Kier molecular flexibility index (Phi) is 4.33. The summed E-state index contributed by atoms with van der Waals surface area (Å²) in [6, 6.07) is -0.591. The molecular weight excluding hydrogens is 206 g/mol. The molecule has 0 aromatic rings. The fourth-order valence-electron chi connectivity index (χ4n) is 1.95. The van der Waals surface area contributed by atoms with E-state index in [0.29, 0.717) is 31.2 Å². The largest absolute Gasteiger partial charge is 0.480 e. The Morgan fingerprint density at radius 1 is 1.38 bits per heavy atom. The van der Waals surface area contributed by atoms with E-state index in [9.17, 15) is 9.59 Å². The summed E-state index contributed by atoms with van der Waals surface area (Å²) in [5.74, 6) is -0.119. The lowest BCUT2D eigenvalue weighted by molar-refractivity contribution is -0.148. The molecule has 4 nitrogen and oxygen atoms in total. The zero-order chi connectivity index (χ0) is 12.3. The second-order valence-electron chi connectivity index (χ2n) is 5.01. The van der Waals surface area contributed by atoms with E-state index < -0.39 is 12.0 Å². The predicted octanol–water partition coefficient (Wildman–Crippen LogP) is 1.74. The minimum Gasteiger partial charge on any atom is -0.480 e. The van der Waals surface area contributed by atoms with Gasteiger partial charge in [-0.1, -0.05) is 20.8 Å². The summed E-state index contributed by atoms with van der Waals surface area (Å²) >= 11 is 0. The Balaban J connectivity index is 2.56. The highest BCUT2D eigenvalue weighted by atomic mass is 16.4. The molecule has 0 aromatic heterocycles. The first-order chi connectivity index (χ1) is 7.43. The molecule has 0 bridgehead atoms. The lowest BCUT2D eigenvalue weighted by Crippen LogP contribution is -2.41. The number of hydrogen-bond acceptors (Lipinski definition) is 2. The number of nitrogens with zero attached hydrogens (tertiary/aromatic N) is 1. The molecule has 92 valence electrons. The number of rotatable bonds is 4. The normalized spacial score (nSPS) is 22.5. The molecule has 0 aliphatic carbocycles. The molecule has 1 amide bonds. The zero-order valence-electron chi connectivity index (χ0n) is 10.3. The fourth-order valence-corrected chi connectivity index (χ4v) is 1.95. The smallest absolute Gasteiger partial charge is 0.326 e. The van der Waals surface area contributed by atoms with Crippen LogP contribution in [0.5, 0.6) is 0 Å². The molecule has 1 fully saturated rings. The summed E-state index contributed by atoms with van der Waals surface area (Å²) in [4.78, 5) is 24.4. The fraction of sp³-hybridized carbons (Fsp3) is 0.833. The van der Waals surface area contributed by atoms with E-state index in [1.165, 1.54) is 4.90 Å². The van der Waals surface area contributed by atoms with Gasteiger partial charge < -0.3 is 10.0 Å². The van der Waals surface area contributed by atoms with Crippen LogP contribution >= 0.6 is 0 Å². The van der Waals surface area contributed by atoms with Crippen molar-refractivity contribution in [1.82, 2.24) is 4.90 Å². The molecular formula is C12H21NO3. The average molecular weight is 227 g/mol. The molecule has 16 heavy (non-hydrogen) atoms. The number of carboxylic acids is 1. The lowest BCUT2D eigenvalue weighted by Gasteiger charge is -2.24. The van der Waals surface area contributed by atoms with Crippen LogP contribution in [0.15, 0.2) is 0 Å². The minimum absolute atomic E-state index is 0.00824. The molecule has 1 heterocycles. The maximum atomic E-state index is 11.9. The molecule has 0 radical (unpaired) electrons. The third kappa shape index (κ3) is 2.97. The van der Waals surface area contributed by atoms with Gasteiger partial charge in [-0.2, -0.15) is 0 Å². The van der Waals surface area contributed by atoms with Crippen LogP contribution in [0, 0.1) is 11.8 Å². The van der Waals surface area contributed by atoms with Crippen molar-refractivity contribution in [3.8, 4) is 0 Å². The summed E-state index contributed by atoms with van der Waals surface area (Å²) < 4.78 is 0. The molecule has 4 heteroatoms. The Hall–Kier alpha value is -1.06. The Bertz CT molecular complexity index is 275. The molecule has 1 saturated heterocycles. The predicted molar refractivity (Wildman–Crippen MR) is 61.0 cm³/mol. The third-order valence-corrected chi connectivity index (χ3v) is 3.49. The first kappa shape index (κ1) is 13.0.